The largest absolute Gasteiger partial charge is 0.489 e. The van der Waals surface area contributed by atoms with Crippen LogP contribution in [-0.4, -0.2) is 12.6 Å². The molecule has 2 N–H and O–H groups in total. The second kappa shape index (κ2) is 4.87. The van der Waals surface area contributed by atoms with Gasteiger partial charge in [-0.1, -0.05) is 19.1 Å². The highest BCUT2D eigenvalue weighted by atomic mass is 16.5. The van der Waals surface area contributed by atoms with Gasteiger partial charge in [0, 0.05) is 6.54 Å². The minimum Gasteiger partial charge on any atom is -0.489 e. The zero-order valence-electron chi connectivity index (χ0n) is 8.29. The quantitative estimate of drug-likeness (QED) is 0.767. The first-order valence-corrected chi connectivity index (χ1v) is 4.72. The van der Waals surface area contributed by atoms with Crippen molar-refractivity contribution in [1.82, 2.24) is 0 Å². The molecule has 2 heteroatoms. The Bertz CT molecular complexity index is 260. The van der Waals surface area contributed by atoms with Crippen LogP contribution >= 0.6 is 0 Å². The minimum atomic E-state index is 0.0899. The molecule has 1 aromatic rings. The SMILES string of the molecule is CCc1cccc(OC(C)CN)c1. The Morgan fingerprint density at radius 1 is 1.46 bits per heavy atom. The van der Waals surface area contributed by atoms with Crippen molar-refractivity contribution in [3.63, 3.8) is 0 Å². The highest BCUT2D eigenvalue weighted by Crippen LogP contribution is 2.14. The summed E-state index contributed by atoms with van der Waals surface area (Å²) in [5.74, 6) is 0.914. The molecule has 0 aliphatic rings. The standard InChI is InChI=1S/C11H17NO/c1-3-10-5-4-6-11(7-10)13-9(2)8-12/h4-7,9H,3,8,12H2,1-2H3. The van der Waals surface area contributed by atoms with E-state index in [2.05, 4.69) is 19.1 Å². The average molecular weight is 179 g/mol. The lowest BCUT2D eigenvalue weighted by atomic mass is 10.2. The van der Waals surface area contributed by atoms with Gasteiger partial charge in [-0.3, -0.25) is 0 Å². The molecule has 72 valence electrons. The van der Waals surface area contributed by atoms with E-state index in [0.29, 0.717) is 6.54 Å². The van der Waals surface area contributed by atoms with Crippen LogP contribution in [0.3, 0.4) is 0 Å². The third kappa shape index (κ3) is 3.07. The molecule has 1 aromatic carbocycles. The van der Waals surface area contributed by atoms with Gasteiger partial charge in [-0.2, -0.15) is 0 Å². The molecule has 0 spiro atoms. The minimum absolute atomic E-state index is 0.0899. The predicted octanol–water partition coefficient (Wildman–Crippen LogP) is 1.97. The third-order valence-electron chi connectivity index (χ3n) is 1.98. The van der Waals surface area contributed by atoms with E-state index in [1.807, 2.05) is 19.1 Å². The second-order valence-electron chi connectivity index (χ2n) is 3.17. The van der Waals surface area contributed by atoms with Crippen LogP contribution in [0.5, 0.6) is 5.75 Å². The van der Waals surface area contributed by atoms with Gasteiger partial charge in [0.25, 0.3) is 0 Å². The maximum atomic E-state index is 5.58. The van der Waals surface area contributed by atoms with E-state index in [4.69, 9.17) is 10.5 Å². The molecular formula is C11H17NO. The summed E-state index contributed by atoms with van der Waals surface area (Å²) in [5, 5.41) is 0. The molecule has 0 amide bonds. The van der Waals surface area contributed by atoms with Crippen LogP contribution in [-0.2, 0) is 6.42 Å². The monoisotopic (exact) mass is 179 g/mol. The Balaban J connectivity index is 2.66. The molecule has 0 fully saturated rings. The molecule has 0 aliphatic heterocycles. The molecule has 1 atom stereocenters. The van der Waals surface area contributed by atoms with E-state index in [1.165, 1.54) is 5.56 Å². The zero-order valence-corrected chi connectivity index (χ0v) is 8.29. The highest BCUT2D eigenvalue weighted by Gasteiger charge is 2.00. The van der Waals surface area contributed by atoms with E-state index in [0.717, 1.165) is 12.2 Å². The number of benzene rings is 1. The van der Waals surface area contributed by atoms with Crippen LogP contribution in [0.15, 0.2) is 24.3 Å². The van der Waals surface area contributed by atoms with E-state index in [1.54, 1.807) is 0 Å². The van der Waals surface area contributed by atoms with E-state index in [9.17, 15) is 0 Å². The lowest BCUT2D eigenvalue weighted by Gasteiger charge is -2.12. The summed E-state index contributed by atoms with van der Waals surface area (Å²) in [6.45, 7) is 4.65. The Labute approximate surface area is 79.7 Å². The van der Waals surface area contributed by atoms with Gasteiger partial charge < -0.3 is 10.5 Å². The van der Waals surface area contributed by atoms with Crippen molar-refractivity contribution in [2.45, 2.75) is 26.4 Å². The summed E-state index contributed by atoms with van der Waals surface area (Å²) in [6, 6.07) is 8.13. The first-order chi connectivity index (χ1) is 6.26. The van der Waals surface area contributed by atoms with Crippen molar-refractivity contribution in [3.8, 4) is 5.75 Å². The zero-order chi connectivity index (χ0) is 9.68. The van der Waals surface area contributed by atoms with Crippen LogP contribution in [0.2, 0.25) is 0 Å². The number of nitrogens with two attached hydrogens (primary N) is 1. The molecule has 0 aliphatic carbocycles. The summed E-state index contributed by atoms with van der Waals surface area (Å²) >= 11 is 0. The molecule has 2 nitrogen and oxygen atoms in total. The molecule has 0 heterocycles. The van der Waals surface area contributed by atoms with Gasteiger partial charge in [-0.15, -0.1) is 0 Å². The molecule has 0 saturated carbocycles. The second-order valence-corrected chi connectivity index (χ2v) is 3.17. The number of ether oxygens (including phenoxy) is 1. The van der Waals surface area contributed by atoms with Gasteiger partial charge >= 0.3 is 0 Å². The van der Waals surface area contributed by atoms with Crippen LogP contribution in [0, 0.1) is 0 Å². The van der Waals surface area contributed by atoms with Gasteiger partial charge in [-0.05, 0) is 31.0 Å². The number of aryl methyl sites for hydroxylation is 1. The smallest absolute Gasteiger partial charge is 0.120 e. The molecule has 13 heavy (non-hydrogen) atoms. The first kappa shape index (κ1) is 10.1. The molecule has 0 saturated heterocycles. The fraction of sp³-hybridized carbons (Fsp3) is 0.455. The van der Waals surface area contributed by atoms with E-state index < -0.39 is 0 Å². The van der Waals surface area contributed by atoms with Gasteiger partial charge in [0.1, 0.15) is 11.9 Å². The lowest BCUT2D eigenvalue weighted by Crippen LogP contribution is -2.22. The van der Waals surface area contributed by atoms with Crippen molar-refractivity contribution in [3.05, 3.63) is 29.8 Å². The molecule has 0 bridgehead atoms. The Kier molecular flexibility index (Phi) is 3.77. The summed E-state index contributed by atoms with van der Waals surface area (Å²) in [4.78, 5) is 0. The van der Waals surface area contributed by atoms with E-state index >= 15 is 0 Å². The first-order valence-electron chi connectivity index (χ1n) is 4.72. The summed E-state index contributed by atoms with van der Waals surface area (Å²) in [5.41, 5.74) is 6.76. The van der Waals surface area contributed by atoms with Crippen molar-refractivity contribution in [2.75, 3.05) is 6.54 Å². The van der Waals surface area contributed by atoms with Crippen LogP contribution < -0.4 is 10.5 Å². The molecule has 1 unspecified atom stereocenters. The number of hydrogen-bond acceptors (Lipinski definition) is 2. The van der Waals surface area contributed by atoms with Crippen molar-refractivity contribution in [2.24, 2.45) is 5.73 Å². The number of rotatable bonds is 4. The van der Waals surface area contributed by atoms with E-state index in [-0.39, 0.29) is 6.10 Å². The normalized spacial score (nSPS) is 12.5. The fourth-order valence-electron chi connectivity index (χ4n) is 1.12. The summed E-state index contributed by atoms with van der Waals surface area (Å²) < 4.78 is 5.58. The third-order valence-corrected chi connectivity index (χ3v) is 1.98. The summed E-state index contributed by atoms with van der Waals surface area (Å²) in [7, 11) is 0. The average Bonchev–Trinajstić information content (AvgIpc) is 2.18. The van der Waals surface area contributed by atoms with Gasteiger partial charge in [0.15, 0.2) is 0 Å². The van der Waals surface area contributed by atoms with Crippen molar-refractivity contribution < 1.29 is 4.74 Å². The van der Waals surface area contributed by atoms with Crippen LogP contribution in [0.25, 0.3) is 0 Å². The highest BCUT2D eigenvalue weighted by molar-refractivity contribution is 5.28. The Morgan fingerprint density at radius 3 is 2.85 bits per heavy atom. The maximum Gasteiger partial charge on any atom is 0.120 e. The van der Waals surface area contributed by atoms with Gasteiger partial charge in [0.05, 0.1) is 0 Å². The lowest BCUT2D eigenvalue weighted by molar-refractivity contribution is 0.230. The molecular weight excluding hydrogens is 162 g/mol. The van der Waals surface area contributed by atoms with Crippen LogP contribution in [0.1, 0.15) is 19.4 Å². The molecule has 0 aromatic heterocycles. The topological polar surface area (TPSA) is 35.2 Å². The molecule has 0 radical (unpaired) electrons. The van der Waals surface area contributed by atoms with Crippen molar-refractivity contribution in [1.29, 1.82) is 0 Å². The fourth-order valence-corrected chi connectivity index (χ4v) is 1.12. The van der Waals surface area contributed by atoms with Crippen molar-refractivity contribution >= 4 is 0 Å². The van der Waals surface area contributed by atoms with Gasteiger partial charge in [0.2, 0.25) is 0 Å². The van der Waals surface area contributed by atoms with Gasteiger partial charge in [-0.25, -0.2) is 0 Å². The summed E-state index contributed by atoms with van der Waals surface area (Å²) in [6.07, 6.45) is 1.13. The molecule has 1 rings (SSSR count). The maximum absolute atomic E-state index is 5.58. The Morgan fingerprint density at radius 2 is 2.23 bits per heavy atom. The van der Waals surface area contributed by atoms with Crippen LogP contribution in [0.4, 0.5) is 0 Å². The predicted molar refractivity (Wildman–Crippen MR) is 55.0 cm³/mol. The Hall–Kier alpha value is -1.02. The number of hydrogen-bond donors (Lipinski definition) is 1.